The maximum absolute atomic E-state index is 12.4. The Labute approximate surface area is 155 Å². The highest BCUT2D eigenvalue weighted by molar-refractivity contribution is 7.99. The maximum atomic E-state index is 12.4. The third kappa shape index (κ3) is 6.20. The van der Waals surface area contributed by atoms with Gasteiger partial charge in [-0.3, -0.25) is 4.99 Å². The monoisotopic (exact) mass is 384 g/mol. The Hall–Kier alpha value is -1.25. The molecule has 1 aromatic rings. The van der Waals surface area contributed by atoms with Gasteiger partial charge in [-0.2, -0.15) is 11.8 Å². The number of benzene rings is 1. The van der Waals surface area contributed by atoms with Crippen molar-refractivity contribution in [2.75, 3.05) is 51.0 Å². The van der Waals surface area contributed by atoms with Crippen LogP contribution in [-0.4, -0.2) is 74.6 Å². The van der Waals surface area contributed by atoms with Crippen LogP contribution in [0.4, 0.5) is 0 Å². The molecule has 6 nitrogen and oxygen atoms in total. The van der Waals surface area contributed by atoms with Gasteiger partial charge in [0.05, 0.1) is 5.75 Å². The first kappa shape index (κ1) is 20.1. The van der Waals surface area contributed by atoms with E-state index >= 15 is 0 Å². The summed E-state index contributed by atoms with van der Waals surface area (Å²) in [6, 6.07) is 8.36. The van der Waals surface area contributed by atoms with Crippen molar-refractivity contribution in [3.05, 3.63) is 35.4 Å². The van der Waals surface area contributed by atoms with E-state index in [4.69, 9.17) is 0 Å². The van der Waals surface area contributed by atoms with Gasteiger partial charge in [-0.1, -0.05) is 29.8 Å². The number of hydrogen-bond acceptors (Lipinski definition) is 4. The lowest BCUT2D eigenvalue weighted by Crippen LogP contribution is -2.44. The minimum Gasteiger partial charge on any atom is -0.355 e. The molecule has 1 aliphatic rings. The largest absolute Gasteiger partial charge is 0.355 e. The van der Waals surface area contributed by atoms with E-state index in [-0.39, 0.29) is 5.75 Å². The Morgan fingerprint density at radius 1 is 1.28 bits per heavy atom. The van der Waals surface area contributed by atoms with Gasteiger partial charge in [0.15, 0.2) is 5.96 Å². The van der Waals surface area contributed by atoms with E-state index in [9.17, 15) is 8.42 Å². The highest BCUT2D eigenvalue weighted by Crippen LogP contribution is 2.13. The predicted molar refractivity (Wildman–Crippen MR) is 107 cm³/mol. The summed E-state index contributed by atoms with van der Waals surface area (Å²) in [5, 5.41) is 3.16. The zero-order valence-corrected chi connectivity index (χ0v) is 16.9. The number of nitrogens with zero attached hydrogens (tertiary/aromatic N) is 3. The van der Waals surface area contributed by atoms with Gasteiger partial charge in [0.2, 0.25) is 10.0 Å². The van der Waals surface area contributed by atoms with Crippen molar-refractivity contribution in [3.8, 4) is 0 Å². The molecule has 1 N–H and O–H groups in total. The fraction of sp³-hybridized carbons (Fsp3) is 0.588. The first-order valence-corrected chi connectivity index (χ1v) is 11.2. The predicted octanol–water partition coefficient (Wildman–Crippen LogP) is 1.38. The molecule has 2 rings (SSSR count). The van der Waals surface area contributed by atoms with Gasteiger partial charge >= 0.3 is 0 Å². The molecule has 0 saturated carbocycles. The molecule has 1 heterocycles. The summed E-state index contributed by atoms with van der Waals surface area (Å²) in [7, 11) is 0.470. The molecule has 140 valence electrons. The standard InChI is InChI=1S/C17H28N4O2S2/c1-15-4-6-16(7-5-15)14-20(3)17(18-2)19-8-13-25(22,23)21-9-11-24-12-10-21/h4-7H,8-14H2,1-3H3,(H,18,19). The molecule has 25 heavy (non-hydrogen) atoms. The molecule has 0 unspecified atom stereocenters. The molecule has 0 radical (unpaired) electrons. The summed E-state index contributed by atoms with van der Waals surface area (Å²) in [6.45, 7) is 4.38. The van der Waals surface area contributed by atoms with Gasteiger partial charge in [0, 0.05) is 51.8 Å². The molecule has 1 aliphatic heterocycles. The lowest BCUT2D eigenvalue weighted by molar-refractivity contribution is 0.442. The summed E-state index contributed by atoms with van der Waals surface area (Å²) in [4.78, 5) is 6.25. The Bertz CT molecular complexity index is 668. The van der Waals surface area contributed by atoms with Crippen molar-refractivity contribution in [3.63, 3.8) is 0 Å². The normalized spacial score (nSPS) is 16.7. The van der Waals surface area contributed by atoms with E-state index in [2.05, 4.69) is 41.5 Å². The molecular weight excluding hydrogens is 356 g/mol. The fourth-order valence-corrected chi connectivity index (χ4v) is 5.16. The van der Waals surface area contributed by atoms with Crippen LogP contribution < -0.4 is 5.32 Å². The van der Waals surface area contributed by atoms with Crippen LogP contribution in [0.1, 0.15) is 11.1 Å². The van der Waals surface area contributed by atoms with E-state index in [0.29, 0.717) is 25.6 Å². The smallest absolute Gasteiger partial charge is 0.215 e. The Morgan fingerprint density at radius 3 is 2.52 bits per heavy atom. The third-order valence-corrected chi connectivity index (χ3v) is 6.93. The number of aryl methyl sites for hydroxylation is 1. The number of thioether (sulfide) groups is 1. The Kier molecular flexibility index (Phi) is 7.58. The summed E-state index contributed by atoms with van der Waals surface area (Å²) in [6.07, 6.45) is 0. The van der Waals surface area contributed by atoms with Gasteiger partial charge < -0.3 is 10.2 Å². The fourth-order valence-electron chi connectivity index (χ4n) is 2.67. The second kappa shape index (κ2) is 9.45. The Balaban J connectivity index is 1.83. The number of aliphatic imine (C=N–C) groups is 1. The number of rotatable bonds is 6. The summed E-state index contributed by atoms with van der Waals surface area (Å²) in [5.41, 5.74) is 2.42. The van der Waals surface area contributed by atoms with Crippen molar-refractivity contribution in [2.45, 2.75) is 13.5 Å². The highest BCUT2D eigenvalue weighted by atomic mass is 32.2. The SMILES string of the molecule is CN=C(NCCS(=O)(=O)N1CCSCC1)N(C)Cc1ccc(C)cc1. The molecule has 0 aliphatic carbocycles. The second-order valence-electron chi connectivity index (χ2n) is 6.14. The Morgan fingerprint density at radius 2 is 1.92 bits per heavy atom. The molecule has 0 bridgehead atoms. The molecule has 1 aromatic carbocycles. The lowest BCUT2D eigenvalue weighted by atomic mass is 10.1. The molecule has 1 saturated heterocycles. The molecule has 0 aromatic heterocycles. The number of hydrogen-bond donors (Lipinski definition) is 1. The average Bonchev–Trinajstić information content (AvgIpc) is 2.61. The van der Waals surface area contributed by atoms with E-state index in [0.717, 1.165) is 18.1 Å². The first-order chi connectivity index (χ1) is 11.9. The topological polar surface area (TPSA) is 65.0 Å². The quantitative estimate of drug-likeness (QED) is 0.593. The molecule has 0 atom stereocenters. The number of guanidine groups is 1. The van der Waals surface area contributed by atoms with E-state index < -0.39 is 10.0 Å². The first-order valence-electron chi connectivity index (χ1n) is 8.45. The van der Waals surface area contributed by atoms with Gasteiger partial charge in [-0.05, 0) is 12.5 Å². The van der Waals surface area contributed by atoms with Crippen LogP contribution in [0.25, 0.3) is 0 Å². The minimum absolute atomic E-state index is 0.0923. The maximum Gasteiger partial charge on any atom is 0.215 e. The van der Waals surface area contributed by atoms with Gasteiger partial charge in [0.25, 0.3) is 0 Å². The second-order valence-corrected chi connectivity index (χ2v) is 9.46. The van der Waals surface area contributed by atoms with Crippen LogP contribution in [0.15, 0.2) is 29.3 Å². The van der Waals surface area contributed by atoms with Gasteiger partial charge in [0.1, 0.15) is 0 Å². The molecule has 0 amide bonds. The molecule has 0 spiro atoms. The minimum atomic E-state index is -3.19. The van der Waals surface area contributed by atoms with Crippen molar-refractivity contribution < 1.29 is 8.42 Å². The summed E-state index contributed by atoms with van der Waals surface area (Å²) in [5.74, 6) is 2.56. The van der Waals surface area contributed by atoms with Crippen molar-refractivity contribution in [1.29, 1.82) is 0 Å². The zero-order valence-electron chi connectivity index (χ0n) is 15.2. The van der Waals surface area contributed by atoms with Crippen molar-refractivity contribution in [1.82, 2.24) is 14.5 Å². The van der Waals surface area contributed by atoms with Gasteiger partial charge in [-0.15, -0.1) is 0 Å². The lowest BCUT2D eigenvalue weighted by Gasteiger charge is -2.26. The summed E-state index contributed by atoms with van der Waals surface area (Å²) >= 11 is 1.81. The number of sulfonamides is 1. The van der Waals surface area contributed by atoms with Crippen LogP contribution in [-0.2, 0) is 16.6 Å². The molecule has 1 fully saturated rings. The van der Waals surface area contributed by atoms with Crippen LogP contribution in [0.3, 0.4) is 0 Å². The van der Waals surface area contributed by atoms with E-state index in [1.54, 1.807) is 23.1 Å². The molecule has 8 heteroatoms. The van der Waals surface area contributed by atoms with E-state index in [1.807, 2.05) is 11.9 Å². The number of nitrogens with one attached hydrogen (secondary N) is 1. The summed E-state index contributed by atoms with van der Waals surface area (Å²) < 4.78 is 26.3. The average molecular weight is 385 g/mol. The zero-order chi connectivity index (χ0) is 18.3. The van der Waals surface area contributed by atoms with Crippen molar-refractivity contribution in [2.24, 2.45) is 4.99 Å². The highest BCUT2D eigenvalue weighted by Gasteiger charge is 2.23. The van der Waals surface area contributed by atoms with Gasteiger partial charge in [-0.25, -0.2) is 12.7 Å². The van der Waals surface area contributed by atoms with Crippen molar-refractivity contribution >= 4 is 27.7 Å². The van der Waals surface area contributed by atoms with Crippen LogP contribution in [0.2, 0.25) is 0 Å². The van der Waals surface area contributed by atoms with Crippen LogP contribution in [0.5, 0.6) is 0 Å². The van der Waals surface area contributed by atoms with Crippen LogP contribution in [0, 0.1) is 6.92 Å². The molecular formula is C17H28N4O2S2. The van der Waals surface area contributed by atoms with E-state index in [1.165, 1.54) is 11.1 Å². The third-order valence-electron chi connectivity index (χ3n) is 4.12. The van der Waals surface area contributed by atoms with Crippen LogP contribution >= 0.6 is 11.8 Å².